The van der Waals surface area contributed by atoms with Crippen molar-refractivity contribution in [3.63, 3.8) is 0 Å². The SMILES string of the molecule is CC.CC.COc1cccc2c1-c1ccc(N)cc1C(OC)O2. The van der Waals surface area contributed by atoms with E-state index in [9.17, 15) is 0 Å². The summed E-state index contributed by atoms with van der Waals surface area (Å²) in [6.07, 6.45) is -0.446. The minimum atomic E-state index is -0.446. The average Bonchev–Trinajstić information content (AvgIpc) is 2.63. The van der Waals surface area contributed by atoms with Gasteiger partial charge in [0.25, 0.3) is 0 Å². The van der Waals surface area contributed by atoms with Crippen molar-refractivity contribution in [3.8, 4) is 22.6 Å². The zero-order chi connectivity index (χ0) is 17.4. The van der Waals surface area contributed by atoms with Crippen molar-refractivity contribution in [1.82, 2.24) is 0 Å². The number of benzene rings is 2. The Morgan fingerprint density at radius 2 is 1.70 bits per heavy atom. The van der Waals surface area contributed by atoms with Gasteiger partial charge < -0.3 is 19.9 Å². The zero-order valence-electron chi connectivity index (χ0n) is 14.8. The van der Waals surface area contributed by atoms with Gasteiger partial charge in [0, 0.05) is 18.4 Å². The molecule has 0 aliphatic carbocycles. The first-order valence-corrected chi connectivity index (χ1v) is 8.01. The zero-order valence-corrected chi connectivity index (χ0v) is 14.8. The van der Waals surface area contributed by atoms with Crippen molar-refractivity contribution >= 4 is 5.69 Å². The lowest BCUT2D eigenvalue weighted by Gasteiger charge is -2.28. The Balaban J connectivity index is 0.000000615. The molecule has 1 atom stereocenters. The lowest BCUT2D eigenvalue weighted by atomic mass is 9.95. The molecular formula is C19H27NO3. The van der Waals surface area contributed by atoms with Crippen LogP contribution < -0.4 is 15.2 Å². The van der Waals surface area contributed by atoms with E-state index in [2.05, 4.69) is 0 Å². The molecule has 3 rings (SSSR count). The lowest BCUT2D eigenvalue weighted by molar-refractivity contribution is -0.0578. The molecule has 1 unspecified atom stereocenters. The summed E-state index contributed by atoms with van der Waals surface area (Å²) >= 11 is 0. The van der Waals surface area contributed by atoms with Crippen LogP contribution in [-0.2, 0) is 4.74 Å². The number of fused-ring (bicyclic) bond motifs is 3. The number of nitrogens with two attached hydrogens (primary N) is 1. The molecule has 0 aromatic heterocycles. The van der Waals surface area contributed by atoms with Crippen LogP contribution in [0.3, 0.4) is 0 Å². The van der Waals surface area contributed by atoms with Gasteiger partial charge in [-0.05, 0) is 29.8 Å². The molecule has 2 aromatic rings. The van der Waals surface area contributed by atoms with Crippen molar-refractivity contribution in [2.75, 3.05) is 20.0 Å². The largest absolute Gasteiger partial charge is 0.496 e. The molecule has 4 heteroatoms. The monoisotopic (exact) mass is 317 g/mol. The van der Waals surface area contributed by atoms with Crippen molar-refractivity contribution < 1.29 is 14.2 Å². The number of methoxy groups -OCH3 is 2. The predicted molar refractivity (Wildman–Crippen MR) is 95.9 cm³/mol. The fraction of sp³-hybridized carbons (Fsp3) is 0.368. The van der Waals surface area contributed by atoms with E-state index in [1.165, 1.54) is 0 Å². The number of rotatable bonds is 2. The van der Waals surface area contributed by atoms with Crippen LogP contribution >= 0.6 is 0 Å². The minimum Gasteiger partial charge on any atom is -0.496 e. The molecule has 0 radical (unpaired) electrons. The molecule has 2 N–H and O–H groups in total. The highest BCUT2D eigenvalue weighted by atomic mass is 16.7. The summed E-state index contributed by atoms with van der Waals surface area (Å²) in [6, 6.07) is 11.4. The van der Waals surface area contributed by atoms with Crippen LogP contribution in [-0.4, -0.2) is 14.2 Å². The Morgan fingerprint density at radius 1 is 1.00 bits per heavy atom. The molecule has 126 valence electrons. The summed E-state index contributed by atoms with van der Waals surface area (Å²) < 4.78 is 16.6. The van der Waals surface area contributed by atoms with Gasteiger partial charge in [0.15, 0.2) is 0 Å². The van der Waals surface area contributed by atoms with Crippen molar-refractivity contribution in [3.05, 3.63) is 42.0 Å². The van der Waals surface area contributed by atoms with Gasteiger partial charge in [-0.2, -0.15) is 0 Å². The maximum atomic E-state index is 5.85. The Bertz CT molecular complexity index is 626. The third-order valence-corrected chi connectivity index (χ3v) is 3.25. The molecule has 4 nitrogen and oxygen atoms in total. The first kappa shape index (κ1) is 18.8. The summed E-state index contributed by atoms with van der Waals surface area (Å²) in [6.45, 7) is 8.00. The molecule has 0 amide bonds. The third-order valence-electron chi connectivity index (χ3n) is 3.25. The Kier molecular flexibility index (Phi) is 7.42. The molecule has 1 heterocycles. The molecule has 1 aliphatic heterocycles. The summed E-state index contributed by atoms with van der Waals surface area (Å²) in [5.74, 6) is 1.53. The fourth-order valence-corrected chi connectivity index (χ4v) is 2.40. The van der Waals surface area contributed by atoms with Crippen LogP contribution in [0.25, 0.3) is 11.1 Å². The smallest absolute Gasteiger partial charge is 0.227 e. The van der Waals surface area contributed by atoms with Gasteiger partial charge in [0.1, 0.15) is 11.5 Å². The van der Waals surface area contributed by atoms with E-state index in [-0.39, 0.29) is 0 Å². The highest BCUT2D eigenvalue weighted by molar-refractivity contribution is 5.82. The summed E-state index contributed by atoms with van der Waals surface area (Å²) in [5.41, 5.74) is 9.41. The van der Waals surface area contributed by atoms with Gasteiger partial charge in [0.05, 0.1) is 12.7 Å². The van der Waals surface area contributed by atoms with Crippen molar-refractivity contribution in [2.24, 2.45) is 0 Å². The molecular weight excluding hydrogens is 290 g/mol. The molecule has 2 aromatic carbocycles. The van der Waals surface area contributed by atoms with Gasteiger partial charge in [0.2, 0.25) is 6.29 Å². The first-order chi connectivity index (χ1) is 11.2. The number of hydrogen-bond donors (Lipinski definition) is 1. The second kappa shape index (κ2) is 9.06. The summed E-state index contributed by atoms with van der Waals surface area (Å²) in [4.78, 5) is 0. The summed E-state index contributed by atoms with van der Waals surface area (Å²) in [7, 11) is 3.26. The molecule has 0 saturated heterocycles. The van der Waals surface area contributed by atoms with Gasteiger partial charge in [-0.1, -0.05) is 39.8 Å². The Labute approximate surface area is 139 Å². The van der Waals surface area contributed by atoms with Crippen molar-refractivity contribution in [1.29, 1.82) is 0 Å². The van der Waals surface area contributed by atoms with Crippen LogP contribution in [0.15, 0.2) is 36.4 Å². The maximum absolute atomic E-state index is 5.85. The Morgan fingerprint density at radius 3 is 2.30 bits per heavy atom. The molecule has 23 heavy (non-hydrogen) atoms. The number of hydrogen-bond acceptors (Lipinski definition) is 4. The average molecular weight is 317 g/mol. The quantitative estimate of drug-likeness (QED) is 0.789. The topological polar surface area (TPSA) is 53.7 Å². The lowest BCUT2D eigenvalue weighted by Crippen LogP contribution is -2.16. The van der Waals surface area contributed by atoms with Crippen LogP contribution in [0.4, 0.5) is 5.69 Å². The second-order valence-corrected chi connectivity index (χ2v) is 4.37. The van der Waals surface area contributed by atoms with Gasteiger partial charge in [-0.25, -0.2) is 0 Å². The minimum absolute atomic E-state index is 0.446. The molecule has 0 saturated carbocycles. The Hall–Kier alpha value is -2.20. The third kappa shape index (κ3) is 3.77. The molecule has 0 spiro atoms. The molecule has 1 aliphatic rings. The second-order valence-electron chi connectivity index (χ2n) is 4.37. The summed E-state index contributed by atoms with van der Waals surface area (Å²) in [5, 5.41) is 0. The van der Waals surface area contributed by atoms with E-state index >= 15 is 0 Å². The van der Waals surface area contributed by atoms with E-state index in [0.29, 0.717) is 5.69 Å². The van der Waals surface area contributed by atoms with E-state index in [0.717, 1.165) is 28.2 Å². The molecule has 0 bridgehead atoms. The molecule has 0 fully saturated rings. The van der Waals surface area contributed by atoms with Crippen molar-refractivity contribution in [2.45, 2.75) is 34.0 Å². The first-order valence-electron chi connectivity index (χ1n) is 8.01. The van der Waals surface area contributed by atoms with Crippen LogP contribution in [0.2, 0.25) is 0 Å². The predicted octanol–water partition coefficient (Wildman–Crippen LogP) is 5.03. The fourth-order valence-electron chi connectivity index (χ4n) is 2.40. The highest BCUT2D eigenvalue weighted by Crippen LogP contribution is 2.47. The van der Waals surface area contributed by atoms with Crippen LogP contribution in [0, 0.1) is 0 Å². The highest BCUT2D eigenvalue weighted by Gasteiger charge is 2.28. The standard InChI is InChI=1S/C15H15NO3.2C2H6/c1-17-12-4-3-5-13-14(12)10-7-6-9(16)8-11(10)15(18-2)19-13;2*1-2/h3-8,15H,16H2,1-2H3;2*1-2H3. The van der Waals surface area contributed by atoms with Crippen LogP contribution in [0.1, 0.15) is 39.5 Å². The van der Waals surface area contributed by atoms with E-state index in [1.807, 2.05) is 64.1 Å². The number of ether oxygens (including phenoxy) is 3. The van der Waals surface area contributed by atoms with Gasteiger partial charge in [-0.15, -0.1) is 0 Å². The number of nitrogen functional groups attached to an aromatic ring is 1. The van der Waals surface area contributed by atoms with E-state index in [1.54, 1.807) is 14.2 Å². The van der Waals surface area contributed by atoms with Crippen LogP contribution in [0.5, 0.6) is 11.5 Å². The van der Waals surface area contributed by atoms with E-state index < -0.39 is 6.29 Å². The van der Waals surface area contributed by atoms with E-state index in [4.69, 9.17) is 19.9 Å². The van der Waals surface area contributed by atoms with Gasteiger partial charge in [-0.3, -0.25) is 0 Å². The van der Waals surface area contributed by atoms with Gasteiger partial charge >= 0.3 is 0 Å². The maximum Gasteiger partial charge on any atom is 0.227 e. The number of anilines is 1. The normalized spacial score (nSPS) is 13.9.